The second-order valence-electron chi connectivity index (χ2n) is 7.31. The maximum absolute atomic E-state index is 13.0. The van der Waals surface area contributed by atoms with Crippen molar-refractivity contribution < 1.29 is 13.2 Å². The van der Waals surface area contributed by atoms with Crippen LogP contribution in [0.5, 0.6) is 0 Å². The van der Waals surface area contributed by atoms with Gasteiger partial charge in [-0.15, -0.1) is 0 Å². The summed E-state index contributed by atoms with van der Waals surface area (Å²) in [7, 11) is -3.26. The molecule has 1 aromatic carbocycles. The van der Waals surface area contributed by atoms with Gasteiger partial charge in [-0.25, -0.2) is 23.2 Å². The highest BCUT2D eigenvalue weighted by atomic mass is 32.2. The number of anilines is 3. The van der Waals surface area contributed by atoms with Crippen molar-refractivity contribution in [2.75, 3.05) is 27.9 Å². The monoisotopic (exact) mass is 421 g/mol. The fraction of sp³-hybridized carbons (Fsp3) is 0.190. The molecule has 1 N–H and O–H groups in total. The SMILES string of the molecule is CS(=O)(=O)c1ccc(-c2ccc3c(n2)N(C(=O)Nc2ccccn2)C2CCN32)cc1. The zero-order chi connectivity index (χ0) is 20.9. The van der Waals surface area contributed by atoms with E-state index in [9.17, 15) is 13.2 Å². The van der Waals surface area contributed by atoms with Crippen molar-refractivity contribution in [3.63, 3.8) is 0 Å². The van der Waals surface area contributed by atoms with Gasteiger partial charge in [-0.1, -0.05) is 18.2 Å². The highest BCUT2D eigenvalue weighted by Gasteiger charge is 2.46. The van der Waals surface area contributed by atoms with E-state index in [0.29, 0.717) is 17.3 Å². The van der Waals surface area contributed by atoms with Crippen LogP contribution < -0.4 is 15.1 Å². The number of benzene rings is 1. The van der Waals surface area contributed by atoms with E-state index >= 15 is 0 Å². The van der Waals surface area contributed by atoms with Crippen LogP contribution in [0.25, 0.3) is 11.3 Å². The van der Waals surface area contributed by atoms with Crippen molar-refractivity contribution in [1.29, 1.82) is 0 Å². The van der Waals surface area contributed by atoms with Gasteiger partial charge in [0, 0.05) is 31.0 Å². The van der Waals surface area contributed by atoms with Crippen LogP contribution in [0.2, 0.25) is 0 Å². The quantitative estimate of drug-likeness (QED) is 0.698. The lowest BCUT2D eigenvalue weighted by Crippen LogP contribution is -2.56. The van der Waals surface area contributed by atoms with Crippen molar-refractivity contribution >= 4 is 33.2 Å². The molecule has 9 heteroatoms. The van der Waals surface area contributed by atoms with Crippen LogP contribution in [0, 0.1) is 0 Å². The van der Waals surface area contributed by atoms with Crippen LogP contribution in [-0.2, 0) is 9.84 Å². The first-order valence-electron chi connectivity index (χ1n) is 9.51. The summed E-state index contributed by atoms with van der Waals surface area (Å²) in [6.45, 7) is 0.870. The molecule has 1 atom stereocenters. The summed E-state index contributed by atoms with van der Waals surface area (Å²) in [4.78, 5) is 26.0. The standard InChI is InChI=1S/C21H19N5O3S/c1-30(28,29)15-7-5-14(6-8-15)16-9-10-17-20(23-16)26(19-11-13-25(17)19)21(27)24-18-4-2-3-12-22-18/h2-10,12,19H,11,13H2,1H3,(H,22,24,27). The van der Waals surface area contributed by atoms with Crippen molar-refractivity contribution in [2.24, 2.45) is 0 Å². The topological polar surface area (TPSA) is 95.5 Å². The second-order valence-corrected chi connectivity index (χ2v) is 9.33. The zero-order valence-corrected chi connectivity index (χ0v) is 17.0. The molecule has 2 aliphatic heterocycles. The number of nitrogens with zero attached hydrogens (tertiary/aromatic N) is 4. The van der Waals surface area contributed by atoms with Crippen LogP contribution in [0.1, 0.15) is 6.42 Å². The molecule has 30 heavy (non-hydrogen) atoms. The van der Waals surface area contributed by atoms with E-state index < -0.39 is 9.84 Å². The van der Waals surface area contributed by atoms with Crippen molar-refractivity contribution in [1.82, 2.24) is 9.97 Å². The third-order valence-electron chi connectivity index (χ3n) is 5.38. The Morgan fingerprint density at radius 2 is 1.90 bits per heavy atom. The lowest BCUT2D eigenvalue weighted by atomic mass is 10.1. The number of hydrogen-bond donors (Lipinski definition) is 1. The molecular weight excluding hydrogens is 402 g/mol. The normalized spacial score (nSPS) is 17.2. The molecule has 1 unspecified atom stereocenters. The highest BCUT2D eigenvalue weighted by molar-refractivity contribution is 7.90. The molecule has 1 fully saturated rings. The average molecular weight is 421 g/mol. The first-order valence-corrected chi connectivity index (χ1v) is 11.4. The van der Waals surface area contributed by atoms with Crippen molar-refractivity contribution in [3.8, 4) is 11.3 Å². The Morgan fingerprint density at radius 3 is 2.53 bits per heavy atom. The molecule has 2 aliphatic rings. The van der Waals surface area contributed by atoms with Crippen LogP contribution >= 0.6 is 0 Å². The number of carbonyl (C=O) groups excluding carboxylic acids is 1. The second kappa shape index (κ2) is 6.81. The summed E-state index contributed by atoms with van der Waals surface area (Å²) < 4.78 is 23.4. The van der Waals surface area contributed by atoms with Gasteiger partial charge in [0.25, 0.3) is 0 Å². The van der Waals surface area contributed by atoms with Gasteiger partial charge in [0.2, 0.25) is 0 Å². The first kappa shape index (κ1) is 18.6. The molecule has 0 spiro atoms. The summed E-state index contributed by atoms with van der Waals surface area (Å²) in [5.41, 5.74) is 2.37. The minimum Gasteiger partial charge on any atom is -0.347 e. The molecule has 2 aromatic heterocycles. The molecule has 3 aromatic rings. The first-order chi connectivity index (χ1) is 14.4. The van der Waals surface area contributed by atoms with Gasteiger partial charge in [-0.3, -0.25) is 10.2 Å². The minimum atomic E-state index is -3.26. The molecular formula is C21H19N5O3S. The molecule has 0 saturated carbocycles. The number of amides is 2. The molecule has 152 valence electrons. The molecule has 5 rings (SSSR count). The maximum atomic E-state index is 13.0. The fourth-order valence-electron chi connectivity index (χ4n) is 3.78. The predicted molar refractivity (Wildman–Crippen MR) is 114 cm³/mol. The van der Waals surface area contributed by atoms with Crippen LogP contribution in [0.3, 0.4) is 0 Å². The number of nitrogens with one attached hydrogen (secondary N) is 1. The van der Waals surface area contributed by atoms with E-state index in [2.05, 4.69) is 15.2 Å². The lowest BCUT2D eigenvalue weighted by Gasteiger charge is -2.39. The van der Waals surface area contributed by atoms with Gasteiger partial charge in [-0.2, -0.15) is 0 Å². The smallest absolute Gasteiger partial charge is 0.330 e. The van der Waals surface area contributed by atoms with E-state index in [1.54, 1.807) is 47.5 Å². The Morgan fingerprint density at radius 1 is 1.10 bits per heavy atom. The summed E-state index contributed by atoms with van der Waals surface area (Å²) in [5.74, 6) is 1.07. The van der Waals surface area contributed by atoms with E-state index in [4.69, 9.17) is 4.98 Å². The van der Waals surface area contributed by atoms with E-state index in [1.165, 1.54) is 6.26 Å². The van der Waals surface area contributed by atoms with Gasteiger partial charge >= 0.3 is 6.03 Å². The third-order valence-corrected chi connectivity index (χ3v) is 6.50. The van der Waals surface area contributed by atoms with Crippen LogP contribution in [0.15, 0.2) is 65.7 Å². The van der Waals surface area contributed by atoms with Crippen molar-refractivity contribution in [3.05, 3.63) is 60.8 Å². The molecule has 2 amide bonds. The maximum Gasteiger partial charge on any atom is 0.330 e. The molecule has 1 saturated heterocycles. The molecule has 0 radical (unpaired) electrons. The number of urea groups is 1. The van der Waals surface area contributed by atoms with E-state index in [0.717, 1.165) is 24.2 Å². The number of rotatable bonds is 3. The summed E-state index contributed by atoms with van der Waals surface area (Å²) in [5, 5.41) is 2.84. The number of carbonyl (C=O) groups is 1. The zero-order valence-electron chi connectivity index (χ0n) is 16.2. The molecule has 0 bridgehead atoms. The van der Waals surface area contributed by atoms with Gasteiger partial charge in [0.1, 0.15) is 12.0 Å². The summed E-state index contributed by atoms with van der Waals surface area (Å²) >= 11 is 0. The van der Waals surface area contributed by atoms with E-state index in [1.807, 2.05) is 18.2 Å². The Kier molecular flexibility index (Phi) is 4.21. The Balaban J connectivity index is 1.48. The number of fused-ring (bicyclic) bond motifs is 3. The van der Waals surface area contributed by atoms with Gasteiger partial charge < -0.3 is 4.90 Å². The Hall–Kier alpha value is -3.46. The third kappa shape index (κ3) is 3.07. The molecule has 8 nitrogen and oxygen atoms in total. The number of aromatic nitrogens is 2. The molecule has 4 heterocycles. The van der Waals surface area contributed by atoms with Gasteiger partial charge in [0.05, 0.1) is 16.3 Å². The Bertz CT molecular complexity index is 1230. The van der Waals surface area contributed by atoms with Crippen LogP contribution in [0.4, 0.5) is 22.1 Å². The van der Waals surface area contributed by atoms with Gasteiger partial charge in [-0.05, 0) is 36.4 Å². The highest BCUT2D eigenvalue weighted by Crippen LogP contribution is 2.45. The fourth-order valence-corrected chi connectivity index (χ4v) is 4.41. The van der Waals surface area contributed by atoms with Crippen LogP contribution in [-0.4, -0.2) is 43.4 Å². The number of pyridine rings is 2. The predicted octanol–water partition coefficient (Wildman–Crippen LogP) is 3.14. The minimum absolute atomic E-state index is 0.0564. The summed E-state index contributed by atoms with van der Waals surface area (Å²) in [6.07, 6.45) is 3.61. The average Bonchev–Trinajstić information content (AvgIpc) is 2.93. The lowest BCUT2D eigenvalue weighted by molar-refractivity contribution is 0.252. The number of sulfone groups is 1. The summed E-state index contributed by atoms with van der Waals surface area (Å²) in [6, 6.07) is 15.5. The number of hydrogen-bond acceptors (Lipinski definition) is 6. The van der Waals surface area contributed by atoms with Crippen molar-refractivity contribution in [2.45, 2.75) is 17.5 Å². The largest absolute Gasteiger partial charge is 0.347 e. The molecule has 0 aliphatic carbocycles. The van der Waals surface area contributed by atoms with Gasteiger partial charge in [0.15, 0.2) is 15.7 Å². The Labute approximate surface area is 174 Å². The van der Waals surface area contributed by atoms with E-state index in [-0.39, 0.29) is 17.1 Å².